The van der Waals surface area contributed by atoms with E-state index in [1.54, 1.807) is 18.1 Å². The highest BCUT2D eigenvalue weighted by Gasteiger charge is 2.44. The van der Waals surface area contributed by atoms with Crippen LogP contribution in [0.25, 0.3) is 11.0 Å². The van der Waals surface area contributed by atoms with E-state index < -0.39 is 6.04 Å². The first kappa shape index (κ1) is 21.8. The lowest BCUT2D eigenvalue weighted by molar-refractivity contribution is 0.0971. The summed E-state index contributed by atoms with van der Waals surface area (Å²) in [6.45, 7) is 6.30. The Balaban J connectivity index is 1.80. The number of rotatable bonds is 5. The third kappa shape index (κ3) is 3.34. The number of para-hydroxylation sites is 1. The van der Waals surface area contributed by atoms with Gasteiger partial charge in [-0.05, 0) is 73.9 Å². The molecule has 34 heavy (non-hydrogen) atoms. The van der Waals surface area contributed by atoms with Crippen LogP contribution < -0.4 is 19.8 Å². The number of ether oxygens (including phenoxy) is 2. The van der Waals surface area contributed by atoms with E-state index in [1.807, 2.05) is 75.4 Å². The highest BCUT2D eigenvalue weighted by atomic mass is 16.5. The third-order valence-corrected chi connectivity index (χ3v) is 6.32. The van der Waals surface area contributed by atoms with Crippen molar-refractivity contribution >= 4 is 22.6 Å². The Hall–Kier alpha value is -4.06. The lowest BCUT2D eigenvalue weighted by Gasteiger charge is -2.25. The summed E-state index contributed by atoms with van der Waals surface area (Å²) in [7, 11) is 1.57. The summed E-state index contributed by atoms with van der Waals surface area (Å²) in [6, 6.07) is 17.8. The first-order valence-electron chi connectivity index (χ1n) is 11.2. The predicted octanol–water partition coefficient (Wildman–Crippen LogP) is 5.57. The van der Waals surface area contributed by atoms with Crippen molar-refractivity contribution in [2.75, 3.05) is 18.6 Å². The van der Waals surface area contributed by atoms with E-state index in [2.05, 4.69) is 0 Å². The van der Waals surface area contributed by atoms with E-state index in [-0.39, 0.29) is 17.1 Å². The molecule has 0 unspecified atom stereocenters. The SMILES string of the molecule is CCOc1ccc([C@H]2c3c(oc4cc(C)c(C)cc4c3=O)C(=O)N2c2ccccc2)cc1OC. The molecule has 0 radical (unpaired) electrons. The van der Waals surface area contributed by atoms with Gasteiger partial charge in [-0.2, -0.15) is 0 Å². The van der Waals surface area contributed by atoms with Gasteiger partial charge in [0.1, 0.15) is 5.58 Å². The van der Waals surface area contributed by atoms with Crippen LogP contribution in [-0.2, 0) is 0 Å². The molecule has 1 aliphatic rings. The number of methoxy groups -OCH3 is 1. The molecule has 4 aromatic rings. The maximum absolute atomic E-state index is 13.8. The number of carbonyl (C=O) groups is 1. The number of carbonyl (C=O) groups excluding carboxylic acids is 1. The number of nitrogens with zero attached hydrogens (tertiary/aromatic N) is 1. The number of benzene rings is 3. The summed E-state index contributed by atoms with van der Waals surface area (Å²) >= 11 is 0. The Morgan fingerprint density at radius 3 is 2.38 bits per heavy atom. The highest BCUT2D eigenvalue weighted by Crippen LogP contribution is 2.43. The van der Waals surface area contributed by atoms with Gasteiger partial charge in [-0.15, -0.1) is 0 Å². The molecule has 1 amide bonds. The van der Waals surface area contributed by atoms with Crippen LogP contribution in [0.1, 0.15) is 45.8 Å². The molecular weight excluding hydrogens is 430 g/mol. The number of hydrogen-bond donors (Lipinski definition) is 0. The van der Waals surface area contributed by atoms with Crippen molar-refractivity contribution in [1.82, 2.24) is 0 Å². The van der Waals surface area contributed by atoms with Crippen molar-refractivity contribution < 1.29 is 18.7 Å². The molecule has 2 heterocycles. The fraction of sp³-hybridized carbons (Fsp3) is 0.214. The minimum absolute atomic E-state index is 0.0717. The standard InChI is InChI=1S/C28H25NO5/c1-5-33-21-12-11-18(15-23(21)32-4)25-24-26(30)20-13-16(2)17(3)14-22(20)34-27(24)28(31)29(25)19-9-7-6-8-10-19/h6-15,25H,5H2,1-4H3/t25-/m0/s1. The molecule has 0 fully saturated rings. The summed E-state index contributed by atoms with van der Waals surface area (Å²) in [6.07, 6.45) is 0. The number of fused-ring (bicyclic) bond motifs is 2. The maximum Gasteiger partial charge on any atom is 0.295 e. The van der Waals surface area contributed by atoms with Gasteiger partial charge < -0.3 is 13.9 Å². The normalized spacial score (nSPS) is 15.0. The van der Waals surface area contributed by atoms with Gasteiger partial charge in [-0.3, -0.25) is 14.5 Å². The maximum atomic E-state index is 13.8. The molecule has 0 spiro atoms. The van der Waals surface area contributed by atoms with Crippen molar-refractivity contribution in [3.05, 3.63) is 98.9 Å². The largest absolute Gasteiger partial charge is 0.493 e. The summed E-state index contributed by atoms with van der Waals surface area (Å²) in [4.78, 5) is 29.1. The van der Waals surface area contributed by atoms with Crippen molar-refractivity contribution in [2.24, 2.45) is 0 Å². The summed E-state index contributed by atoms with van der Waals surface area (Å²) in [5.74, 6) is 0.852. The molecular formula is C28H25NO5. The molecule has 1 atom stereocenters. The van der Waals surface area contributed by atoms with Gasteiger partial charge >= 0.3 is 0 Å². The molecule has 172 valence electrons. The van der Waals surface area contributed by atoms with Crippen LogP contribution in [0.15, 0.2) is 69.9 Å². The molecule has 3 aromatic carbocycles. The zero-order valence-electron chi connectivity index (χ0n) is 19.5. The van der Waals surface area contributed by atoms with Gasteiger partial charge in [0.05, 0.1) is 30.7 Å². The van der Waals surface area contributed by atoms with Gasteiger partial charge in [0.25, 0.3) is 5.91 Å². The average molecular weight is 456 g/mol. The first-order valence-corrected chi connectivity index (χ1v) is 11.2. The van der Waals surface area contributed by atoms with E-state index in [0.717, 1.165) is 16.7 Å². The smallest absolute Gasteiger partial charge is 0.295 e. The van der Waals surface area contributed by atoms with Gasteiger partial charge in [0, 0.05) is 5.69 Å². The second kappa shape index (κ2) is 8.37. The molecule has 5 rings (SSSR count). The van der Waals surface area contributed by atoms with Crippen LogP contribution in [0.4, 0.5) is 5.69 Å². The Kier molecular flexibility index (Phi) is 5.36. The van der Waals surface area contributed by atoms with Crippen molar-refractivity contribution in [2.45, 2.75) is 26.8 Å². The topological polar surface area (TPSA) is 69.0 Å². The second-order valence-corrected chi connectivity index (χ2v) is 8.36. The molecule has 1 aliphatic heterocycles. The van der Waals surface area contributed by atoms with Gasteiger partial charge in [-0.1, -0.05) is 24.3 Å². The molecule has 0 saturated carbocycles. The number of aryl methyl sites for hydroxylation is 2. The Morgan fingerprint density at radius 1 is 0.941 bits per heavy atom. The van der Waals surface area contributed by atoms with E-state index in [1.165, 1.54) is 0 Å². The second-order valence-electron chi connectivity index (χ2n) is 8.36. The van der Waals surface area contributed by atoms with Crippen LogP contribution in [0.5, 0.6) is 11.5 Å². The van der Waals surface area contributed by atoms with E-state index in [9.17, 15) is 9.59 Å². The van der Waals surface area contributed by atoms with E-state index in [4.69, 9.17) is 13.9 Å². The number of hydrogen-bond acceptors (Lipinski definition) is 5. The van der Waals surface area contributed by atoms with Crippen LogP contribution in [0.3, 0.4) is 0 Å². The van der Waals surface area contributed by atoms with Crippen LogP contribution in [0, 0.1) is 13.8 Å². The molecule has 6 heteroatoms. The highest BCUT2D eigenvalue weighted by molar-refractivity contribution is 6.10. The summed E-state index contributed by atoms with van der Waals surface area (Å²) in [5.41, 5.74) is 3.93. The Morgan fingerprint density at radius 2 is 1.68 bits per heavy atom. The minimum atomic E-state index is -0.670. The summed E-state index contributed by atoms with van der Waals surface area (Å²) < 4.78 is 17.3. The quantitative estimate of drug-likeness (QED) is 0.394. The number of amides is 1. The van der Waals surface area contributed by atoms with Gasteiger partial charge in [0.15, 0.2) is 16.9 Å². The Bertz CT molecular complexity index is 1470. The Labute approximate surface area is 197 Å². The lowest BCUT2D eigenvalue weighted by atomic mass is 9.97. The molecule has 6 nitrogen and oxygen atoms in total. The lowest BCUT2D eigenvalue weighted by Crippen LogP contribution is -2.29. The van der Waals surface area contributed by atoms with E-state index >= 15 is 0 Å². The van der Waals surface area contributed by atoms with Crippen LogP contribution in [-0.4, -0.2) is 19.6 Å². The molecule has 0 saturated heterocycles. The zero-order chi connectivity index (χ0) is 24.0. The van der Waals surface area contributed by atoms with Gasteiger partial charge in [0.2, 0.25) is 5.76 Å². The number of anilines is 1. The molecule has 0 aliphatic carbocycles. The van der Waals surface area contributed by atoms with Crippen LogP contribution >= 0.6 is 0 Å². The van der Waals surface area contributed by atoms with Crippen molar-refractivity contribution in [3.63, 3.8) is 0 Å². The molecule has 0 N–H and O–H groups in total. The van der Waals surface area contributed by atoms with Crippen LogP contribution in [0.2, 0.25) is 0 Å². The summed E-state index contributed by atoms with van der Waals surface area (Å²) in [5, 5.41) is 0.465. The average Bonchev–Trinajstić information content (AvgIpc) is 3.14. The van der Waals surface area contributed by atoms with Crippen molar-refractivity contribution in [3.8, 4) is 11.5 Å². The third-order valence-electron chi connectivity index (χ3n) is 6.32. The fourth-order valence-electron chi connectivity index (χ4n) is 4.53. The monoisotopic (exact) mass is 455 g/mol. The van der Waals surface area contributed by atoms with Crippen molar-refractivity contribution in [1.29, 1.82) is 0 Å². The van der Waals surface area contributed by atoms with Gasteiger partial charge in [-0.25, -0.2) is 0 Å². The predicted molar refractivity (Wildman–Crippen MR) is 131 cm³/mol. The molecule has 0 bridgehead atoms. The molecule has 1 aromatic heterocycles. The van der Waals surface area contributed by atoms with E-state index in [0.29, 0.717) is 40.3 Å². The first-order chi connectivity index (χ1) is 16.4. The zero-order valence-corrected chi connectivity index (χ0v) is 19.5. The fourth-order valence-corrected chi connectivity index (χ4v) is 4.53. The minimum Gasteiger partial charge on any atom is -0.493 e.